The normalized spacial score (nSPS) is 14.8. The highest BCUT2D eigenvalue weighted by Crippen LogP contribution is 2.42. The largest absolute Gasteiger partial charge is 0.398 e. The van der Waals surface area contributed by atoms with Gasteiger partial charge in [0.05, 0.1) is 11.0 Å². The molecule has 3 aromatic rings. The van der Waals surface area contributed by atoms with Gasteiger partial charge in [0, 0.05) is 27.3 Å². The summed E-state index contributed by atoms with van der Waals surface area (Å²) in [5.74, 6) is 0.870. The van der Waals surface area contributed by atoms with Crippen LogP contribution in [0.4, 0.5) is 5.69 Å². The summed E-state index contributed by atoms with van der Waals surface area (Å²) in [5, 5.41) is 1.35. The number of imidazole rings is 1. The molecule has 0 radical (unpaired) electrons. The van der Waals surface area contributed by atoms with Gasteiger partial charge in [-0.15, -0.1) is 0 Å². The molecule has 0 aliphatic heterocycles. The van der Waals surface area contributed by atoms with E-state index in [0.29, 0.717) is 21.8 Å². The second kappa shape index (κ2) is 4.65. The van der Waals surface area contributed by atoms with E-state index in [4.69, 9.17) is 33.9 Å². The molecular weight excluding hydrogens is 305 g/mol. The number of rotatable bonds is 2. The summed E-state index contributed by atoms with van der Waals surface area (Å²) < 4.78 is 2.26. The van der Waals surface area contributed by atoms with Crippen molar-refractivity contribution in [3.63, 3.8) is 0 Å². The van der Waals surface area contributed by atoms with Gasteiger partial charge in [0.25, 0.3) is 0 Å². The number of nitrogen functional groups attached to an aromatic ring is 1. The Morgan fingerprint density at radius 2 is 1.76 bits per heavy atom. The molecule has 2 N–H and O–H groups in total. The van der Waals surface area contributed by atoms with Crippen LogP contribution in [0, 0.1) is 0 Å². The van der Waals surface area contributed by atoms with Gasteiger partial charge in [-0.2, -0.15) is 0 Å². The standard InChI is InChI=1S/C16H13Cl2N3/c17-9-1-5-13(19)12(7-9)16-20-14-8-10(18)2-6-15(14)21(16)11-3-4-11/h1-2,5-8,11H,3-4,19H2. The average molecular weight is 318 g/mol. The smallest absolute Gasteiger partial charge is 0.143 e. The Morgan fingerprint density at radius 3 is 2.52 bits per heavy atom. The van der Waals surface area contributed by atoms with Gasteiger partial charge in [0.2, 0.25) is 0 Å². The van der Waals surface area contributed by atoms with Gasteiger partial charge in [0.15, 0.2) is 0 Å². The third kappa shape index (κ3) is 2.17. The molecule has 1 aromatic heterocycles. The van der Waals surface area contributed by atoms with E-state index in [2.05, 4.69) is 4.57 Å². The van der Waals surface area contributed by atoms with Crippen molar-refractivity contribution in [2.75, 3.05) is 5.73 Å². The van der Waals surface area contributed by atoms with E-state index in [9.17, 15) is 0 Å². The molecular formula is C16H13Cl2N3. The van der Waals surface area contributed by atoms with Crippen molar-refractivity contribution in [1.29, 1.82) is 0 Å². The minimum absolute atomic E-state index is 0.490. The Balaban J connectivity index is 2.03. The van der Waals surface area contributed by atoms with Crippen molar-refractivity contribution >= 4 is 39.9 Å². The van der Waals surface area contributed by atoms with Crippen molar-refractivity contribution in [3.05, 3.63) is 46.4 Å². The Labute approximate surface area is 132 Å². The third-order valence-electron chi connectivity index (χ3n) is 3.82. The Kier molecular flexibility index (Phi) is 2.88. The zero-order valence-corrected chi connectivity index (χ0v) is 12.7. The molecule has 0 amide bonds. The fourth-order valence-electron chi connectivity index (χ4n) is 2.69. The molecule has 2 aromatic carbocycles. The summed E-state index contributed by atoms with van der Waals surface area (Å²) in [6.07, 6.45) is 2.34. The van der Waals surface area contributed by atoms with Gasteiger partial charge in [0.1, 0.15) is 5.82 Å². The third-order valence-corrected chi connectivity index (χ3v) is 4.29. The molecule has 1 aliphatic carbocycles. The van der Waals surface area contributed by atoms with E-state index in [1.54, 1.807) is 6.07 Å². The number of aromatic nitrogens is 2. The first-order valence-electron chi connectivity index (χ1n) is 6.86. The molecule has 1 aliphatic rings. The van der Waals surface area contributed by atoms with Crippen molar-refractivity contribution in [1.82, 2.24) is 9.55 Å². The number of fused-ring (bicyclic) bond motifs is 1. The van der Waals surface area contributed by atoms with Crippen LogP contribution in [0.5, 0.6) is 0 Å². The van der Waals surface area contributed by atoms with E-state index in [-0.39, 0.29) is 0 Å². The molecule has 1 fully saturated rings. The van der Waals surface area contributed by atoms with Crippen LogP contribution in [0.1, 0.15) is 18.9 Å². The molecule has 1 saturated carbocycles. The molecule has 0 atom stereocenters. The predicted molar refractivity (Wildman–Crippen MR) is 87.9 cm³/mol. The molecule has 0 spiro atoms. The number of hydrogen-bond acceptors (Lipinski definition) is 2. The van der Waals surface area contributed by atoms with Gasteiger partial charge in [-0.3, -0.25) is 0 Å². The second-order valence-corrected chi connectivity index (χ2v) is 6.27. The molecule has 0 bridgehead atoms. The highest BCUT2D eigenvalue weighted by molar-refractivity contribution is 6.31. The van der Waals surface area contributed by atoms with Crippen molar-refractivity contribution in [3.8, 4) is 11.4 Å². The lowest BCUT2D eigenvalue weighted by atomic mass is 10.1. The fraction of sp³-hybridized carbons (Fsp3) is 0.188. The SMILES string of the molecule is Nc1ccc(Cl)cc1-c1nc2cc(Cl)ccc2n1C1CC1. The summed E-state index contributed by atoms with van der Waals surface area (Å²) in [6, 6.07) is 11.8. The zero-order chi connectivity index (χ0) is 14.6. The summed E-state index contributed by atoms with van der Waals surface area (Å²) in [6.45, 7) is 0. The molecule has 106 valence electrons. The predicted octanol–water partition coefficient (Wildman–Crippen LogP) is 4.93. The number of hydrogen-bond donors (Lipinski definition) is 1. The minimum atomic E-state index is 0.490. The van der Waals surface area contributed by atoms with Gasteiger partial charge in [-0.05, 0) is 49.2 Å². The number of anilines is 1. The summed E-state index contributed by atoms with van der Waals surface area (Å²) >= 11 is 12.2. The first-order valence-corrected chi connectivity index (χ1v) is 7.62. The Bertz CT molecular complexity index is 850. The quantitative estimate of drug-likeness (QED) is 0.681. The van der Waals surface area contributed by atoms with Crippen LogP contribution in [0.25, 0.3) is 22.4 Å². The molecule has 1 heterocycles. The maximum atomic E-state index is 6.12. The molecule has 3 nitrogen and oxygen atoms in total. The Hall–Kier alpha value is -1.71. The molecule has 21 heavy (non-hydrogen) atoms. The van der Waals surface area contributed by atoms with Gasteiger partial charge >= 0.3 is 0 Å². The second-order valence-electron chi connectivity index (χ2n) is 5.40. The lowest BCUT2D eigenvalue weighted by molar-refractivity contribution is 0.775. The molecule has 5 heteroatoms. The molecule has 4 rings (SSSR count). The lowest BCUT2D eigenvalue weighted by Gasteiger charge is -2.10. The Morgan fingerprint density at radius 1 is 1.05 bits per heavy atom. The first-order chi connectivity index (χ1) is 10.1. The van der Waals surface area contributed by atoms with E-state index in [1.807, 2.05) is 30.3 Å². The van der Waals surface area contributed by atoms with Crippen LogP contribution in [0.15, 0.2) is 36.4 Å². The summed E-state index contributed by atoms with van der Waals surface area (Å²) in [7, 11) is 0. The topological polar surface area (TPSA) is 43.8 Å². The van der Waals surface area contributed by atoms with E-state index >= 15 is 0 Å². The highest BCUT2D eigenvalue weighted by Gasteiger charge is 2.29. The van der Waals surface area contributed by atoms with Crippen LogP contribution in [0.2, 0.25) is 10.0 Å². The minimum Gasteiger partial charge on any atom is -0.398 e. The lowest BCUT2D eigenvalue weighted by Crippen LogP contribution is -2.00. The van der Waals surface area contributed by atoms with Gasteiger partial charge in [-0.1, -0.05) is 23.2 Å². The number of benzene rings is 2. The monoisotopic (exact) mass is 317 g/mol. The van der Waals surface area contributed by atoms with Gasteiger partial charge in [-0.25, -0.2) is 4.98 Å². The molecule has 0 unspecified atom stereocenters. The van der Waals surface area contributed by atoms with Crippen LogP contribution in [-0.2, 0) is 0 Å². The maximum Gasteiger partial charge on any atom is 0.143 e. The van der Waals surface area contributed by atoms with Crippen LogP contribution >= 0.6 is 23.2 Å². The van der Waals surface area contributed by atoms with E-state index < -0.39 is 0 Å². The summed E-state index contributed by atoms with van der Waals surface area (Å²) in [5.41, 5.74) is 9.67. The number of nitrogens with zero attached hydrogens (tertiary/aromatic N) is 2. The molecule has 0 saturated heterocycles. The van der Waals surface area contributed by atoms with E-state index in [0.717, 1.165) is 22.4 Å². The summed E-state index contributed by atoms with van der Waals surface area (Å²) in [4.78, 5) is 4.75. The van der Waals surface area contributed by atoms with Crippen LogP contribution < -0.4 is 5.73 Å². The van der Waals surface area contributed by atoms with Gasteiger partial charge < -0.3 is 10.3 Å². The highest BCUT2D eigenvalue weighted by atomic mass is 35.5. The van der Waals surface area contributed by atoms with Crippen molar-refractivity contribution < 1.29 is 0 Å². The van der Waals surface area contributed by atoms with Crippen molar-refractivity contribution in [2.45, 2.75) is 18.9 Å². The number of halogens is 2. The van der Waals surface area contributed by atoms with E-state index in [1.165, 1.54) is 12.8 Å². The number of nitrogens with two attached hydrogens (primary N) is 1. The van der Waals surface area contributed by atoms with Crippen molar-refractivity contribution in [2.24, 2.45) is 0 Å². The maximum absolute atomic E-state index is 6.12. The van der Waals surface area contributed by atoms with Crippen LogP contribution in [-0.4, -0.2) is 9.55 Å². The average Bonchev–Trinajstić information content (AvgIpc) is 3.22. The van der Waals surface area contributed by atoms with Crippen LogP contribution in [0.3, 0.4) is 0 Å². The fourth-order valence-corrected chi connectivity index (χ4v) is 3.02. The zero-order valence-electron chi connectivity index (χ0n) is 11.2. The first kappa shape index (κ1) is 13.0.